The Kier molecular flexibility index (Phi) is 6.39. The van der Waals surface area contributed by atoms with E-state index in [0.29, 0.717) is 23.3 Å². The van der Waals surface area contributed by atoms with Crippen molar-refractivity contribution in [3.63, 3.8) is 0 Å². The highest BCUT2D eigenvalue weighted by molar-refractivity contribution is 5.85. The van der Waals surface area contributed by atoms with Crippen LogP contribution in [0.4, 0.5) is 0 Å². The second-order valence-corrected chi connectivity index (χ2v) is 9.40. The lowest BCUT2D eigenvalue weighted by atomic mass is 10.0. The summed E-state index contributed by atoms with van der Waals surface area (Å²) in [7, 11) is 0. The molecule has 0 aliphatic heterocycles. The summed E-state index contributed by atoms with van der Waals surface area (Å²) in [6.07, 6.45) is 3.42. The zero-order valence-electron chi connectivity index (χ0n) is 22.0. The van der Waals surface area contributed by atoms with Gasteiger partial charge in [0.1, 0.15) is 17.3 Å². The van der Waals surface area contributed by atoms with Crippen molar-refractivity contribution in [1.82, 2.24) is 19.5 Å². The van der Waals surface area contributed by atoms with Crippen molar-refractivity contribution in [2.45, 2.75) is 0 Å². The minimum Gasteiger partial charge on any atom is -0.439 e. The highest BCUT2D eigenvalue weighted by Gasteiger charge is 2.17. The lowest BCUT2D eigenvalue weighted by Crippen LogP contribution is -1.99. The molecule has 0 fully saturated rings. The summed E-state index contributed by atoms with van der Waals surface area (Å²) in [5, 5.41) is 0. The predicted octanol–water partition coefficient (Wildman–Crippen LogP) is 8.73. The number of nitrogens with zero attached hydrogens (tertiary/aromatic N) is 4. The standard InChI is InChI=1S/C35H24N4O2/c1-2-9-25(10-3-1)26-15-17-27(18-16-26)35-38-31-20-19-30(41-34-14-5-7-22-37-34)24-32(31)39(35)28-11-8-12-29(23-28)40-33-13-4-6-21-36-33/h1-24H. The summed E-state index contributed by atoms with van der Waals surface area (Å²) < 4.78 is 14.3. The number of rotatable bonds is 7. The van der Waals surface area contributed by atoms with Crippen LogP contribution in [0.2, 0.25) is 0 Å². The number of ether oxygens (including phenoxy) is 2. The van der Waals surface area contributed by atoms with Crippen molar-refractivity contribution in [3.05, 3.63) is 146 Å². The molecule has 0 bridgehead atoms. The van der Waals surface area contributed by atoms with Gasteiger partial charge in [-0.05, 0) is 47.5 Å². The van der Waals surface area contributed by atoms with Gasteiger partial charge in [-0.25, -0.2) is 15.0 Å². The van der Waals surface area contributed by atoms with Gasteiger partial charge in [-0.1, -0.05) is 72.8 Å². The molecular formula is C35H24N4O2. The first-order valence-corrected chi connectivity index (χ1v) is 13.3. The zero-order valence-corrected chi connectivity index (χ0v) is 22.0. The van der Waals surface area contributed by atoms with Crippen LogP contribution >= 0.6 is 0 Å². The molecule has 196 valence electrons. The largest absolute Gasteiger partial charge is 0.439 e. The molecule has 6 heteroatoms. The van der Waals surface area contributed by atoms with Crippen LogP contribution in [0.15, 0.2) is 146 Å². The summed E-state index contributed by atoms with van der Waals surface area (Å²) >= 11 is 0. The summed E-state index contributed by atoms with van der Waals surface area (Å²) in [4.78, 5) is 13.7. The number of benzene rings is 4. The van der Waals surface area contributed by atoms with Gasteiger partial charge in [0.05, 0.1) is 16.7 Å². The second kappa shape index (κ2) is 10.8. The first kappa shape index (κ1) is 24.3. The molecule has 41 heavy (non-hydrogen) atoms. The third kappa shape index (κ3) is 5.14. The molecule has 0 radical (unpaired) electrons. The minimum atomic E-state index is 0.528. The Hall–Kier alpha value is -5.75. The molecule has 0 atom stereocenters. The Morgan fingerprint density at radius 1 is 0.488 bits per heavy atom. The Bertz CT molecular complexity index is 1920. The molecule has 0 aliphatic carbocycles. The highest BCUT2D eigenvalue weighted by Crippen LogP contribution is 2.34. The topological polar surface area (TPSA) is 62.1 Å². The van der Waals surface area contributed by atoms with E-state index in [1.54, 1.807) is 12.4 Å². The van der Waals surface area contributed by atoms with Crippen molar-refractivity contribution >= 4 is 11.0 Å². The van der Waals surface area contributed by atoms with Crippen molar-refractivity contribution in [2.24, 2.45) is 0 Å². The number of fused-ring (bicyclic) bond motifs is 1. The minimum absolute atomic E-state index is 0.528. The molecular weight excluding hydrogens is 508 g/mol. The van der Waals surface area contributed by atoms with Gasteiger partial charge in [0.15, 0.2) is 0 Å². The van der Waals surface area contributed by atoms with Crippen LogP contribution < -0.4 is 9.47 Å². The van der Waals surface area contributed by atoms with E-state index in [0.717, 1.165) is 33.7 Å². The van der Waals surface area contributed by atoms with E-state index in [1.807, 2.05) is 97.1 Å². The summed E-state index contributed by atoms with van der Waals surface area (Å²) in [5.74, 6) is 3.21. The average molecular weight is 533 g/mol. The van der Waals surface area contributed by atoms with Gasteiger partial charge in [0.2, 0.25) is 11.8 Å². The van der Waals surface area contributed by atoms with Crippen molar-refractivity contribution in [2.75, 3.05) is 0 Å². The molecule has 0 aliphatic rings. The van der Waals surface area contributed by atoms with Crippen molar-refractivity contribution in [1.29, 1.82) is 0 Å². The quantitative estimate of drug-likeness (QED) is 0.205. The summed E-state index contributed by atoms with van der Waals surface area (Å²) in [6.45, 7) is 0. The van der Waals surface area contributed by atoms with Crippen LogP contribution in [0, 0.1) is 0 Å². The fraction of sp³-hybridized carbons (Fsp3) is 0. The molecule has 6 nitrogen and oxygen atoms in total. The smallest absolute Gasteiger partial charge is 0.219 e. The van der Waals surface area contributed by atoms with Crippen LogP contribution in [0.5, 0.6) is 23.3 Å². The van der Waals surface area contributed by atoms with Gasteiger partial charge >= 0.3 is 0 Å². The van der Waals surface area contributed by atoms with Gasteiger partial charge in [0.25, 0.3) is 0 Å². The Morgan fingerprint density at radius 2 is 1.12 bits per heavy atom. The maximum atomic E-state index is 6.07. The highest BCUT2D eigenvalue weighted by atomic mass is 16.5. The third-order valence-corrected chi connectivity index (χ3v) is 6.67. The lowest BCUT2D eigenvalue weighted by molar-refractivity contribution is 0.463. The molecule has 7 rings (SSSR count). The molecule has 0 N–H and O–H groups in total. The van der Waals surface area contributed by atoms with E-state index in [9.17, 15) is 0 Å². The Balaban J connectivity index is 1.34. The molecule has 0 amide bonds. The Morgan fingerprint density at radius 3 is 1.80 bits per heavy atom. The second-order valence-electron chi connectivity index (χ2n) is 9.40. The predicted molar refractivity (Wildman–Crippen MR) is 161 cm³/mol. The zero-order chi connectivity index (χ0) is 27.4. The average Bonchev–Trinajstić information content (AvgIpc) is 3.42. The van der Waals surface area contributed by atoms with Crippen LogP contribution in [0.3, 0.4) is 0 Å². The molecule has 4 aromatic carbocycles. The molecule has 0 spiro atoms. The maximum absolute atomic E-state index is 6.07. The van der Waals surface area contributed by atoms with E-state index in [-0.39, 0.29) is 0 Å². The van der Waals surface area contributed by atoms with E-state index >= 15 is 0 Å². The van der Waals surface area contributed by atoms with Gasteiger partial charge in [0, 0.05) is 42.2 Å². The van der Waals surface area contributed by atoms with Crippen LogP contribution in [0.1, 0.15) is 0 Å². The lowest BCUT2D eigenvalue weighted by Gasteiger charge is -2.13. The number of hydrogen-bond acceptors (Lipinski definition) is 5. The SMILES string of the molecule is c1ccc(-c2ccc(-c3nc4ccc(Oc5ccccn5)cc4n3-c3cccc(Oc4ccccn4)c3)cc2)cc1. The summed E-state index contributed by atoms with van der Waals surface area (Å²) in [5.41, 5.74) is 5.95. The van der Waals surface area contributed by atoms with Crippen molar-refractivity contribution < 1.29 is 9.47 Å². The fourth-order valence-electron chi connectivity index (χ4n) is 4.76. The monoisotopic (exact) mass is 532 g/mol. The molecule has 3 aromatic heterocycles. The first-order valence-electron chi connectivity index (χ1n) is 13.3. The number of hydrogen-bond donors (Lipinski definition) is 0. The number of aromatic nitrogens is 4. The van der Waals surface area contributed by atoms with Crippen LogP contribution in [0.25, 0.3) is 39.2 Å². The Labute approximate surface area is 237 Å². The molecule has 0 unspecified atom stereocenters. The van der Waals surface area contributed by atoms with E-state index < -0.39 is 0 Å². The van der Waals surface area contributed by atoms with Gasteiger partial charge < -0.3 is 9.47 Å². The molecule has 7 aromatic rings. The third-order valence-electron chi connectivity index (χ3n) is 6.67. The normalized spacial score (nSPS) is 10.9. The first-order chi connectivity index (χ1) is 20.3. The molecule has 0 saturated carbocycles. The fourth-order valence-corrected chi connectivity index (χ4v) is 4.76. The van der Waals surface area contributed by atoms with E-state index in [4.69, 9.17) is 14.5 Å². The number of pyridine rings is 2. The van der Waals surface area contributed by atoms with E-state index in [2.05, 4.69) is 50.9 Å². The van der Waals surface area contributed by atoms with Crippen LogP contribution in [-0.2, 0) is 0 Å². The van der Waals surface area contributed by atoms with Gasteiger partial charge in [-0.15, -0.1) is 0 Å². The maximum Gasteiger partial charge on any atom is 0.219 e. The van der Waals surface area contributed by atoms with Gasteiger partial charge in [-0.2, -0.15) is 0 Å². The van der Waals surface area contributed by atoms with Crippen molar-refractivity contribution in [3.8, 4) is 51.5 Å². The molecule has 0 saturated heterocycles. The van der Waals surface area contributed by atoms with Gasteiger partial charge in [-0.3, -0.25) is 4.57 Å². The van der Waals surface area contributed by atoms with Crippen LogP contribution in [-0.4, -0.2) is 19.5 Å². The molecule has 3 heterocycles. The van der Waals surface area contributed by atoms with E-state index in [1.165, 1.54) is 5.56 Å². The number of imidazole rings is 1. The summed E-state index contributed by atoms with van der Waals surface area (Å²) in [6, 6.07) is 43.8.